The van der Waals surface area contributed by atoms with E-state index in [2.05, 4.69) is 155 Å². The summed E-state index contributed by atoms with van der Waals surface area (Å²) in [6.45, 7) is 9.75. The normalized spacial score (nSPS) is 19.9. The van der Waals surface area contributed by atoms with Crippen molar-refractivity contribution in [2.24, 2.45) is 0 Å². The summed E-state index contributed by atoms with van der Waals surface area (Å²) in [6.07, 6.45) is 8.31. The highest BCUT2D eigenvalue weighted by atomic mass is 16.1. The molecule has 0 amide bonds. The number of likely N-dealkylation sites (tertiary alicyclic amines) is 2. The van der Waals surface area contributed by atoms with Gasteiger partial charge in [-0.15, -0.1) is 0 Å². The second-order valence-corrected chi connectivity index (χ2v) is 22.5. The van der Waals surface area contributed by atoms with Gasteiger partial charge in [-0.25, -0.2) is 9.97 Å². The van der Waals surface area contributed by atoms with Crippen LogP contribution >= 0.6 is 0 Å². The maximum atomic E-state index is 13.4. The van der Waals surface area contributed by atoms with E-state index in [9.17, 15) is 9.59 Å². The minimum absolute atomic E-state index is 0.0362. The molecule has 3 aliphatic heterocycles. The van der Waals surface area contributed by atoms with Crippen LogP contribution in [0.15, 0.2) is 182 Å². The first-order chi connectivity index (χ1) is 36.6. The maximum Gasteiger partial charge on any atom is 0.136 e. The molecule has 0 saturated carbocycles. The molecule has 75 heavy (non-hydrogen) atoms. The standard InChI is InChI=1S/C66H67N7O2/c1-64(2,3)48-30-32-53(33-31-48)73-58(46-28-34-54-56(40-46)69-62(67-54)60-26-16-38-71(60)42-65(44-74,49-18-8-4-9-19-49)50-20-10-5-11-21-50)36-37-59(73)47-29-35-55-57(41-47)70-63(68-55)61-27-17-39-72(61)43-66(45-75,51-22-12-6-13-23-51)52-24-14-7-15-25-52/h4-15,18-25,28-35,40-41,44-45,58-61H,16-17,26-27,36-39,42-43H2,1-3H3,(H,67,69)(H,68,70)/t58-,59-,60+,61+/m1/s1. The topological polar surface area (TPSA) is 101 Å². The fourth-order valence-corrected chi connectivity index (χ4v) is 13.1. The fourth-order valence-electron chi connectivity index (χ4n) is 13.1. The highest BCUT2D eigenvalue weighted by Crippen LogP contribution is 2.49. The third kappa shape index (κ3) is 8.99. The number of hydrogen-bond acceptors (Lipinski definition) is 7. The molecular weight excluding hydrogens is 923 g/mol. The Morgan fingerprint density at radius 1 is 0.467 bits per heavy atom. The summed E-state index contributed by atoms with van der Waals surface area (Å²) in [4.78, 5) is 52.7. The second-order valence-electron chi connectivity index (χ2n) is 22.5. The van der Waals surface area contributed by atoms with Crippen molar-refractivity contribution >= 4 is 40.3 Å². The lowest BCUT2D eigenvalue weighted by atomic mass is 9.75. The van der Waals surface area contributed by atoms with E-state index in [0.717, 1.165) is 120 Å². The molecule has 5 heterocycles. The molecule has 9 heteroatoms. The number of imidazole rings is 2. The van der Waals surface area contributed by atoms with E-state index in [1.165, 1.54) is 22.4 Å². The van der Waals surface area contributed by atoms with Gasteiger partial charge in [-0.05, 0) is 132 Å². The Morgan fingerprint density at radius 3 is 1.21 bits per heavy atom. The lowest BCUT2D eigenvalue weighted by molar-refractivity contribution is -0.112. The number of benzene rings is 7. The first kappa shape index (κ1) is 48.5. The van der Waals surface area contributed by atoms with Gasteiger partial charge in [0.05, 0.1) is 57.1 Å². The Labute approximate surface area is 441 Å². The second kappa shape index (κ2) is 20.0. The number of aldehydes is 2. The molecule has 4 atom stereocenters. The van der Waals surface area contributed by atoms with Crippen LogP contribution in [0.2, 0.25) is 0 Å². The van der Waals surface area contributed by atoms with E-state index in [4.69, 9.17) is 9.97 Å². The maximum absolute atomic E-state index is 13.4. The van der Waals surface area contributed by atoms with Crippen molar-refractivity contribution in [1.29, 1.82) is 0 Å². The molecule has 378 valence electrons. The summed E-state index contributed by atoms with van der Waals surface area (Å²) < 4.78 is 0. The van der Waals surface area contributed by atoms with Gasteiger partial charge in [0, 0.05) is 18.8 Å². The van der Waals surface area contributed by atoms with Gasteiger partial charge in [0.2, 0.25) is 0 Å². The van der Waals surface area contributed by atoms with Crippen molar-refractivity contribution in [3.05, 3.63) is 233 Å². The molecule has 9 nitrogen and oxygen atoms in total. The molecular formula is C66H67N7O2. The van der Waals surface area contributed by atoms with Crippen LogP contribution in [0.1, 0.15) is 134 Å². The molecule has 3 saturated heterocycles. The average molecular weight is 990 g/mol. The van der Waals surface area contributed by atoms with Crippen LogP contribution in [-0.2, 0) is 25.8 Å². The highest BCUT2D eigenvalue weighted by Gasteiger charge is 2.43. The van der Waals surface area contributed by atoms with Gasteiger partial charge in [-0.1, -0.05) is 166 Å². The third-order valence-electron chi connectivity index (χ3n) is 17.1. The third-order valence-corrected chi connectivity index (χ3v) is 17.1. The number of aromatic nitrogens is 4. The molecule has 9 aromatic rings. The van der Waals surface area contributed by atoms with Crippen molar-refractivity contribution in [2.75, 3.05) is 31.1 Å². The van der Waals surface area contributed by atoms with Gasteiger partial charge < -0.3 is 24.5 Å². The van der Waals surface area contributed by atoms with Gasteiger partial charge in [0.15, 0.2) is 0 Å². The lowest BCUT2D eigenvalue weighted by Crippen LogP contribution is -2.43. The van der Waals surface area contributed by atoms with E-state index in [1.807, 2.05) is 72.8 Å². The number of anilines is 1. The van der Waals surface area contributed by atoms with E-state index in [0.29, 0.717) is 13.1 Å². The molecule has 0 radical (unpaired) electrons. The van der Waals surface area contributed by atoms with Crippen molar-refractivity contribution in [3.8, 4) is 0 Å². The predicted molar refractivity (Wildman–Crippen MR) is 301 cm³/mol. The number of carbonyl (C=O) groups is 2. The van der Waals surface area contributed by atoms with Crippen LogP contribution in [-0.4, -0.2) is 68.5 Å². The molecule has 3 aliphatic rings. The van der Waals surface area contributed by atoms with Crippen molar-refractivity contribution < 1.29 is 9.59 Å². The molecule has 7 aromatic carbocycles. The first-order valence-corrected chi connectivity index (χ1v) is 27.1. The van der Waals surface area contributed by atoms with Crippen molar-refractivity contribution in [3.63, 3.8) is 0 Å². The minimum Gasteiger partial charge on any atom is -0.357 e. The van der Waals surface area contributed by atoms with Crippen LogP contribution in [0.5, 0.6) is 0 Å². The largest absolute Gasteiger partial charge is 0.357 e. The fraction of sp³-hybridized carbons (Fsp3) is 0.303. The molecule has 12 rings (SSSR count). The van der Waals surface area contributed by atoms with Gasteiger partial charge >= 0.3 is 0 Å². The molecule has 0 unspecified atom stereocenters. The predicted octanol–water partition coefficient (Wildman–Crippen LogP) is 13.5. The van der Waals surface area contributed by atoms with Crippen LogP contribution in [0.3, 0.4) is 0 Å². The summed E-state index contributed by atoms with van der Waals surface area (Å²) in [5, 5.41) is 0. The molecule has 2 N–H and O–H groups in total. The van der Waals surface area contributed by atoms with Gasteiger partial charge in [-0.2, -0.15) is 0 Å². The van der Waals surface area contributed by atoms with Crippen LogP contribution < -0.4 is 4.90 Å². The molecule has 0 aliphatic carbocycles. The smallest absolute Gasteiger partial charge is 0.136 e. The Morgan fingerprint density at radius 2 is 0.853 bits per heavy atom. The molecule has 0 spiro atoms. The molecule has 0 bridgehead atoms. The highest BCUT2D eigenvalue weighted by molar-refractivity contribution is 5.79. The Kier molecular flexibility index (Phi) is 12.9. The average Bonchev–Trinajstić information content (AvgIpc) is 4.33. The summed E-state index contributed by atoms with van der Waals surface area (Å²) in [6, 6.07) is 64.3. The number of rotatable bonds is 15. The molecule has 2 aromatic heterocycles. The number of fused-ring (bicyclic) bond motifs is 2. The van der Waals surface area contributed by atoms with Crippen molar-refractivity contribution in [1.82, 2.24) is 29.7 Å². The monoisotopic (exact) mass is 990 g/mol. The van der Waals surface area contributed by atoms with E-state index >= 15 is 0 Å². The van der Waals surface area contributed by atoms with Crippen molar-refractivity contribution in [2.45, 2.75) is 99.7 Å². The zero-order valence-electron chi connectivity index (χ0n) is 43.4. The Bertz CT molecular complexity index is 3140. The van der Waals surface area contributed by atoms with Crippen LogP contribution in [0.25, 0.3) is 22.1 Å². The number of aromatic amines is 2. The Hall–Kier alpha value is -7.46. The number of carbonyl (C=O) groups excluding carboxylic acids is 2. The van der Waals surface area contributed by atoms with E-state index in [1.54, 1.807) is 0 Å². The van der Waals surface area contributed by atoms with Gasteiger partial charge in [0.25, 0.3) is 0 Å². The number of nitrogens with one attached hydrogen (secondary N) is 2. The number of nitrogens with zero attached hydrogens (tertiary/aromatic N) is 5. The van der Waals surface area contributed by atoms with E-state index in [-0.39, 0.29) is 29.6 Å². The summed E-state index contributed by atoms with van der Waals surface area (Å²) >= 11 is 0. The zero-order chi connectivity index (χ0) is 51.2. The summed E-state index contributed by atoms with van der Waals surface area (Å²) in [7, 11) is 0. The van der Waals surface area contributed by atoms with Crippen LogP contribution in [0.4, 0.5) is 5.69 Å². The van der Waals surface area contributed by atoms with Gasteiger partial charge in [-0.3, -0.25) is 9.80 Å². The van der Waals surface area contributed by atoms with Crippen LogP contribution in [0, 0.1) is 0 Å². The molecule has 3 fully saturated rings. The first-order valence-electron chi connectivity index (χ1n) is 27.1. The quantitative estimate of drug-likeness (QED) is 0.0987. The Balaban J connectivity index is 0.843. The number of hydrogen-bond donors (Lipinski definition) is 2. The van der Waals surface area contributed by atoms with E-state index < -0.39 is 10.8 Å². The summed E-state index contributed by atoms with van der Waals surface area (Å²) in [5.41, 5.74) is 11.5. The SMILES string of the molecule is CC(C)(C)c1ccc(N2[C@@H](c3ccc4nc([C@@H]5CCCN5CC(C=O)(c5ccccc5)c5ccccc5)[nH]c4c3)CC[C@@H]2c2ccc3nc([C@@H]4CCCN4CC(C=O)(c4ccccc4)c4ccccc4)[nH]c3c2)cc1. The zero-order valence-corrected chi connectivity index (χ0v) is 43.4. The van der Waals surface area contributed by atoms with Gasteiger partial charge in [0.1, 0.15) is 24.2 Å². The lowest BCUT2D eigenvalue weighted by Gasteiger charge is -2.35. The minimum atomic E-state index is -0.809. The number of H-pyrrole nitrogens is 2. The summed E-state index contributed by atoms with van der Waals surface area (Å²) in [5.74, 6) is 1.92.